The van der Waals surface area contributed by atoms with E-state index in [-0.39, 0.29) is 11.9 Å². The number of carbonyl (C=O) groups is 1. The standard InChI is InChI=1S/C23H25N5O3S/c29-22(16-32-23-24-25-26-28(23)15-17-6-2-1-3-7-17)27-11-4-8-19(27)18-9-10-20-21(14-18)31-13-5-12-30-20/h1-3,6-7,9-10,14,19H,4-5,8,11-13,15-16H2. The first-order valence-electron chi connectivity index (χ1n) is 10.9. The van der Waals surface area contributed by atoms with Crippen LogP contribution in [0.15, 0.2) is 53.7 Å². The first-order valence-corrected chi connectivity index (χ1v) is 11.9. The van der Waals surface area contributed by atoms with Gasteiger partial charge < -0.3 is 14.4 Å². The Bertz CT molecular complexity index is 1070. The molecule has 1 fully saturated rings. The van der Waals surface area contributed by atoms with E-state index in [9.17, 15) is 4.79 Å². The van der Waals surface area contributed by atoms with E-state index in [0.29, 0.717) is 30.7 Å². The summed E-state index contributed by atoms with van der Waals surface area (Å²) in [7, 11) is 0. The summed E-state index contributed by atoms with van der Waals surface area (Å²) in [5.74, 6) is 1.95. The molecule has 2 aliphatic heterocycles. The van der Waals surface area contributed by atoms with Crippen molar-refractivity contribution in [1.82, 2.24) is 25.1 Å². The SMILES string of the molecule is O=C(CSc1nnnn1Cc1ccccc1)N1CCCC1c1ccc2c(c1)OCCCO2. The Labute approximate surface area is 190 Å². The second kappa shape index (κ2) is 9.60. The van der Waals surface area contributed by atoms with Crippen LogP contribution in [-0.2, 0) is 11.3 Å². The normalized spacial score (nSPS) is 17.9. The third-order valence-electron chi connectivity index (χ3n) is 5.73. The molecule has 0 spiro atoms. The van der Waals surface area contributed by atoms with Crippen LogP contribution in [0.1, 0.15) is 36.4 Å². The van der Waals surface area contributed by atoms with Crippen molar-refractivity contribution in [2.24, 2.45) is 0 Å². The van der Waals surface area contributed by atoms with Gasteiger partial charge in [-0.1, -0.05) is 48.2 Å². The fourth-order valence-electron chi connectivity index (χ4n) is 4.16. The number of ether oxygens (including phenoxy) is 2. The fraction of sp³-hybridized carbons (Fsp3) is 0.391. The molecule has 5 rings (SSSR count). The smallest absolute Gasteiger partial charge is 0.233 e. The van der Waals surface area contributed by atoms with Crippen LogP contribution in [0.3, 0.4) is 0 Å². The summed E-state index contributed by atoms with van der Waals surface area (Å²) < 4.78 is 13.3. The van der Waals surface area contributed by atoms with Crippen LogP contribution in [0, 0.1) is 0 Å². The Morgan fingerprint density at radius 1 is 1.06 bits per heavy atom. The van der Waals surface area contributed by atoms with Crippen LogP contribution >= 0.6 is 11.8 Å². The molecular formula is C23H25N5O3S. The van der Waals surface area contributed by atoms with Gasteiger partial charge in [-0.3, -0.25) is 4.79 Å². The van der Waals surface area contributed by atoms with Gasteiger partial charge in [0.2, 0.25) is 11.1 Å². The van der Waals surface area contributed by atoms with Gasteiger partial charge in [0.05, 0.1) is 31.6 Å². The molecule has 1 saturated heterocycles. The zero-order valence-corrected chi connectivity index (χ0v) is 18.5. The number of benzene rings is 2. The summed E-state index contributed by atoms with van der Waals surface area (Å²) in [6.45, 7) is 2.65. The topological polar surface area (TPSA) is 82.4 Å². The largest absolute Gasteiger partial charge is 0.490 e. The number of aromatic nitrogens is 4. The number of hydrogen-bond acceptors (Lipinski definition) is 7. The molecule has 1 unspecified atom stereocenters. The van der Waals surface area contributed by atoms with E-state index in [4.69, 9.17) is 9.47 Å². The zero-order chi connectivity index (χ0) is 21.8. The Balaban J connectivity index is 1.24. The zero-order valence-electron chi connectivity index (χ0n) is 17.7. The van der Waals surface area contributed by atoms with Crippen molar-refractivity contribution in [3.05, 3.63) is 59.7 Å². The molecule has 0 N–H and O–H groups in total. The Morgan fingerprint density at radius 2 is 1.91 bits per heavy atom. The maximum Gasteiger partial charge on any atom is 0.233 e. The van der Waals surface area contributed by atoms with Crippen LogP contribution in [0.2, 0.25) is 0 Å². The number of amides is 1. The summed E-state index contributed by atoms with van der Waals surface area (Å²) in [5, 5.41) is 12.6. The Kier molecular flexibility index (Phi) is 6.24. The molecule has 0 saturated carbocycles. The predicted molar refractivity (Wildman–Crippen MR) is 120 cm³/mol. The van der Waals surface area contributed by atoms with Gasteiger partial charge in [0.1, 0.15) is 0 Å². The minimum atomic E-state index is 0.0561. The van der Waals surface area contributed by atoms with Crippen molar-refractivity contribution in [3.8, 4) is 11.5 Å². The van der Waals surface area contributed by atoms with E-state index in [1.165, 1.54) is 11.8 Å². The number of fused-ring (bicyclic) bond motifs is 1. The van der Waals surface area contributed by atoms with E-state index in [0.717, 1.165) is 48.4 Å². The van der Waals surface area contributed by atoms with E-state index >= 15 is 0 Å². The molecule has 1 atom stereocenters. The van der Waals surface area contributed by atoms with Gasteiger partial charge in [-0.25, -0.2) is 4.68 Å². The van der Waals surface area contributed by atoms with Crippen molar-refractivity contribution in [1.29, 1.82) is 0 Å². The van der Waals surface area contributed by atoms with E-state index in [2.05, 4.69) is 21.6 Å². The molecule has 0 radical (unpaired) electrons. The highest BCUT2D eigenvalue weighted by Gasteiger charge is 2.31. The Morgan fingerprint density at radius 3 is 2.78 bits per heavy atom. The number of rotatable bonds is 6. The van der Waals surface area contributed by atoms with Crippen molar-refractivity contribution in [2.75, 3.05) is 25.5 Å². The van der Waals surface area contributed by atoms with Crippen molar-refractivity contribution in [3.63, 3.8) is 0 Å². The molecule has 166 valence electrons. The average Bonchev–Trinajstić information content (AvgIpc) is 3.42. The fourth-order valence-corrected chi connectivity index (χ4v) is 4.93. The molecule has 3 heterocycles. The number of nitrogens with zero attached hydrogens (tertiary/aromatic N) is 5. The second-order valence-electron chi connectivity index (χ2n) is 7.90. The van der Waals surface area contributed by atoms with Gasteiger partial charge in [0.25, 0.3) is 0 Å². The van der Waals surface area contributed by atoms with Gasteiger partial charge in [-0.2, -0.15) is 0 Å². The number of thioether (sulfide) groups is 1. The minimum absolute atomic E-state index is 0.0561. The van der Waals surface area contributed by atoms with E-state index in [1.54, 1.807) is 4.68 Å². The molecular weight excluding hydrogens is 426 g/mol. The molecule has 0 aliphatic carbocycles. The second-order valence-corrected chi connectivity index (χ2v) is 8.84. The third-order valence-corrected chi connectivity index (χ3v) is 6.67. The van der Waals surface area contributed by atoms with Crippen molar-refractivity contribution in [2.45, 2.75) is 37.0 Å². The van der Waals surface area contributed by atoms with Gasteiger partial charge >= 0.3 is 0 Å². The number of carbonyl (C=O) groups excluding carboxylic acids is 1. The molecule has 2 aromatic carbocycles. The summed E-state index contributed by atoms with van der Waals surface area (Å²) >= 11 is 1.38. The maximum absolute atomic E-state index is 13.1. The summed E-state index contributed by atoms with van der Waals surface area (Å²) in [6, 6.07) is 16.1. The molecule has 1 aromatic heterocycles. The highest BCUT2D eigenvalue weighted by atomic mass is 32.2. The first-order chi connectivity index (χ1) is 15.8. The highest BCUT2D eigenvalue weighted by Crippen LogP contribution is 2.38. The van der Waals surface area contributed by atoms with Gasteiger partial charge in [0, 0.05) is 13.0 Å². The van der Waals surface area contributed by atoms with Gasteiger partial charge in [0.15, 0.2) is 11.5 Å². The summed E-state index contributed by atoms with van der Waals surface area (Å²) in [6.07, 6.45) is 2.81. The van der Waals surface area contributed by atoms with Crippen LogP contribution in [0.5, 0.6) is 11.5 Å². The average molecular weight is 452 g/mol. The molecule has 2 aliphatic rings. The van der Waals surface area contributed by atoms with Crippen LogP contribution in [-0.4, -0.2) is 56.5 Å². The lowest BCUT2D eigenvalue weighted by molar-refractivity contribution is -0.129. The van der Waals surface area contributed by atoms with Crippen LogP contribution < -0.4 is 9.47 Å². The summed E-state index contributed by atoms with van der Waals surface area (Å²) in [5.41, 5.74) is 2.21. The lowest BCUT2D eigenvalue weighted by Gasteiger charge is -2.25. The van der Waals surface area contributed by atoms with E-state index < -0.39 is 0 Å². The van der Waals surface area contributed by atoms with Gasteiger partial charge in [-0.05, 0) is 46.5 Å². The quantitative estimate of drug-likeness (QED) is 0.532. The molecule has 3 aromatic rings. The predicted octanol–water partition coefficient (Wildman–Crippen LogP) is 3.34. The van der Waals surface area contributed by atoms with Crippen LogP contribution in [0.4, 0.5) is 0 Å². The first kappa shape index (κ1) is 20.8. The molecule has 32 heavy (non-hydrogen) atoms. The monoisotopic (exact) mass is 451 g/mol. The third kappa shape index (κ3) is 4.57. The minimum Gasteiger partial charge on any atom is -0.490 e. The number of likely N-dealkylation sites (tertiary alicyclic amines) is 1. The number of hydrogen-bond donors (Lipinski definition) is 0. The van der Waals surface area contributed by atoms with Crippen molar-refractivity contribution >= 4 is 17.7 Å². The lowest BCUT2D eigenvalue weighted by atomic mass is 10.0. The highest BCUT2D eigenvalue weighted by molar-refractivity contribution is 7.99. The molecule has 9 heteroatoms. The Hall–Kier alpha value is -3.07. The van der Waals surface area contributed by atoms with E-state index in [1.807, 2.05) is 47.4 Å². The maximum atomic E-state index is 13.1. The molecule has 1 amide bonds. The molecule has 0 bridgehead atoms. The van der Waals surface area contributed by atoms with Crippen molar-refractivity contribution < 1.29 is 14.3 Å². The lowest BCUT2D eigenvalue weighted by Crippen LogP contribution is -2.32. The number of tetrazole rings is 1. The summed E-state index contributed by atoms with van der Waals surface area (Å²) in [4.78, 5) is 15.1. The van der Waals surface area contributed by atoms with Gasteiger partial charge in [-0.15, -0.1) is 5.10 Å². The van der Waals surface area contributed by atoms with Crippen LogP contribution in [0.25, 0.3) is 0 Å². The molecule has 8 nitrogen and oxygen atoms in total.